The van der Waals surface area contributed by atoms with Crippen LogP contribution >= 0.6 is 27.5 Å². The van der Waals surface area contributed by atoms with Crippen molar-refractivity contribution < 1.29 is 0 Å². The van der Waals surface area contributed by atoms with Gasteiger partial charge in [0, 0.05) is 11.0 Å². The molecule has 1 saturated carbocycles. The second-order valence-corrected chi connectivity index (χ2v) is 6.74. The number of halogens is 2. The molecule has 2 heteroatoms. The molecule has 0 heterocycles. The van der Waals surface area contributed by atoms with Gasteiger partial charge in [0.2, 0.25) is 0 Å². The van der Waals surface area contributed by atoms with Gasteiger partial charge in [-0.3, -0.25) is 0 Å². The standard InChI is InChI=1S/C16H16BrCl/c17-15-7-8-16(18)14(10-15)9-11-1-3-12(4-2-11)13-5-6-13/h1-4,7-8,13-14H,5-6,9-10H2. The fraction of sp³-hybridized carbons (Fsp3) is 0.375. The van der Waals surface area contributed by atoms with Crippen LogP contribution in [0.5, 0.6) is 0 Å². The summed E-state index contributed by atoms with van der Waals surface area (Å²) in [7, 11) is 0. The van der Waals surface area contributed by atoms with Gasteiger partial charge in [-0.15, -0.1) is 0 Å². The highest BCUT2D eigenvalue weighted by atomic mass is 79.9. The van der Waals surface area contributed by atoms with Crippen molar-refractivity contribution in [2.24, 2.45) is 5.92 Å². The van der Waals surface area contributed by atoms with Crippen molar-refractivity contribution in [3.05, 3.63) is 57.1 Å². The largest absolute Gasteiger partial charge is 0.0888 e. The van der Waals surface area contributed by atoms with Crippen molar-refractivity contribution in [1.29, 1.82) is 0 Å². The monoisotopic (exact) mass is 322 g/mol. The Balaban J connectivity index is 1.69. The Kier molecular flexibility index (Phi) is 3.63. The van der Waals surface area contributed by atoms with Crippen LogP contribution in [-0.4, -0.2) is 0 Å². The molecule has 94 valence electrons. The van der Waals surface area contributed by atoms with Crippen LogP contribution in [-0.2, 0) is 6.42 Å². The molecule has 0 saturated heterocycles. The molecule has 1 aromatic carbocycles. The van der Waals surface area contributed by atoms with E-state index in [-0.39, 0.29) is 0 Å². The highest BCUT2D eigenvalue weighted by molar-refractivity contribution is 9.11. The van der Waals surface area contributed by atoms with Gasteiger partial charge in [-0.2, -0.15) is 0 Å². The Bertz CT molecular complexity index is 494. The zero-order valence-electron chi connectivity index (χ0n) is 10.2. The highest BCUT2D eigenvalue weighted by Gasteiger charge is 2.23. The normalized spacial score (nSPS) is 23.6. The summed E-state index contributed by atoms with van der Waals surface area (Å²) in [6, 6.07) is 9.12. The van der Waals surface area contributed by atoms with Crippen LogP contribution in [0, 0.1) is 5.92 Å². The van der Waals surface area contributed by atoms with E-state index >= 15 is 0 Å². The number of rotatable bonds is 3. The zero-order valence-corrected chi connectivity index (χ0v) is 12.5. The summed E-state index contributed by atoms with van der Waals surface area (Å²) in [5.74, 6) is 1.27. The predicted molar refractivity (Wildman–Crippen MR) is 81.2 cm³/mol. The average Bonchev–Trinajstić information content (AvgIpc) is 3.19. The van der Waals surface area contributed by atoms with E-state index < -0.39 is 0 Å². The van der Waals surface area contributed by atoms with E-state index in [1.807, 2.05) is 6.08 Å². The second-order valence-electron chi connectivity index (χ2n) is 5.29. The molecule has 1 fully saturated rings. The van der Waals surface area contributed by atoms with E-state index in [2.05, 4.69) is 46.3 Å². The first-order valence-electron chi connectivity index (χ1n) is 6.53. The van der Waals surface area contributed by atoms with Crippen molar-refractivity contribution in [2.45, 2.75) is 31.6 Å². The molecule has 1 aromatic rings. The lowest BCUT2D eigenvalue weighted by atomic mass is 9.92. The third-order valence-electron chi connectivity index (χ3n) is 3.77. The minimum absolute atomic E-state index is 0.429. The molecule has 0 nitrogen and oxygen atoms in total. The third-order valence-corrected chi connectivity index (χ3v) is 4.79. The van der Waals surface area contributed by atoms with Gasteiger partial charge in [0.15, 0.2) is 0 Å². The first kappa shape index (κ1) is 12.5. The van der Waals surface area contributed by atoms with Crippen LogP contribution < -0.4 is 0 Å². The summed E-state index contributed by atoms with van der Waals surface area (Å²) in [6.07, 6.45) is 8.85. The topological polar surface area (TPSA) is 0 Å². The number of hydrogen-bond donors (Lipinski definition) is 0. The summed E-state index contributed by atoms with van der Waals surface area (Å²) in [5, 5.41) is 0.976. The number of hydrogen-bond acceptors (Lipinski definition) is 0. The van der Waals surface area contributed by atoms with Gasteiger partial charge in [0.25, 0.3) is 0 Å². The van der Waals surface area contributed by atoms with Crippen LogP contribution in [0.1, 0.15) is 36.3 Å². The maximum absolute atomic E-state index is 6.29. The lowest BCUT2D eigenvalue weighted by Gasteiger charge is -2.19. The van der Waals surface area contributed by atoms with Crippen molar-refractivity contribution in [1.82, 2.24) is 0 Å². The molecule has 0 amide bonds. The molecule has 18 heavy (non-hydrogen) atoms. The molecule has 0 bridgehead atoms. The lowest BCUT2D eigenvalue weighted by molar-refractivity contribution is 0.636. The van der Waals surface area contributed by atoms with Gasteiger partial charge in [0.1, 0.15) is 0 Å². The Morgan fingerprint density at radius 1 is 1.11 bits per heavy atom. The van der Waals surface area contributed by atoms with Crippen LogP contribution in [0.4, 0.5) is 0 Å². The van der Waals surface area contributed by atoms with E-state index in [0.717, 1.165) is 23.8 Å². The van der Waals surface area contributed by atoms with Gasteiger partial charge in [0.05, 0.1) is 0 Å². The molecular formula is C16H16BrCl. The maximum atomic E-state index is 6.29. The Labute approximate surface area is 122 Å². The zero-order chi connectivity index (χ0) is 12.5. The average molecular weight is 324 g/mol. The summed E-state index contributed by atoms with van der Waals surface area (Å²) in [5.41, 5.74) is 2.89. The quantitative estimate of drug-likeness (QED) is 0.686. The maximum Gasteiger partial charge on any atom is 0.0219 e. The minimum atomic E-state index is 0.429. The van der Waals surface area contributed by atoms with Crippen molar-refractivity contribution in [3.8, 4) is 0 Å². The van der Waals surface area contributed by atoms with E-state index in [9.17, 15) is 0 Å². The molecule has 0 spiro atoms. The van der Waals surface area contributed by atoms with E-state index in [0.29, 0.717) is 5.92 Å². The SMILES string of the molecule is ClC1=CC=C(Br)CC1Cc1ccc(C2CC2)cc1. The van der Waals surface area contributed by atoms with Crippen LogP contribution in [0.15, 0.2) is 45.9 Å². The molecule has 3 rings (SSSR count). The summed E-state index contributed by atoms with van der Waals surface area (Å²) in [4.78, 5) is 0. The lowest BCUT2D eigenvalue weighted by Crippen LogP contribution is -2.07. The van der Waals surface area contributed by atoms with Gasteiger partial charge < -0.3 is 0 Å². The Morgan fingerprint density at radius 2 is 1.83 bits per heavy atom. The van der Waals surface area contributed by atoms with Gasteiger partial charge in [-0.1, -0.05) is 57.9 Å². The van der Waals surface area contributed by atoms with E-state index in [1.165, 1.54) is 28.5 Å². The van der Waals surface area contributed by atoms with Gasteiger partial charge in [-0.25, -0.2) is 0 Å². The Hall–Kier alpha value is -0.530. The van der Waals surface area contributed by atoms with Gasteiger partial charge in [-0.05, 0) is 53.3 Å². The molecule has 2 aliphatic carbocycles. The minimum Gasteiger partial charge on any atom is -0.0888 e. The molecule has 1 unspecified atom stereocenters. The predicted octanol–water partition coefficient (Wildman–Crippen LogP) is 5.53. The first-order chi connectivity index (χ1) is 8.72. The first-order valence-corrected chi connectivity index (χ1v) is 7.70. The molecule has 0 N–H and O–H groups in total. The fourth-order valence-corrected chi connectivity index (χ4v) is 3.24. The molecule has 0 aliphatic heterocycles. The molecular weight excluding hydrogens is 308 g/mol. The van der Waals surface area contributed by atoms with Gasteiger partial charge >= 0.3 is 0 Å². The summed E-state index contributed by atoms with van der Waals surface area (Å²) < 4.78 is 1.24. The smallest absolute Gasteiger partial charge is 0.0219 e. The molecule has 0 aromatic heterocycles. The van der Waals surface area contributed by atoms with Crippen molar-refractivity contribution >= 4 is 27.5 Å². The van der Waals surface area contributed by atoms with Crippen LogP contribution in [0.2, 0.25) is 0 Å². The second kappa shape index (κ2) is 5.22. The van der Waals surface area contributed by atoms with Crippen molar-refractivity contribution in [3.63, 3.8) is 0 Å². The highest BCUT2D eigenvalue weighted by Crippen LogP contribution is 2.40. The van der Waals surface area contributed by atoms with Crippen LogP contribution in [0.25, 0.3) is 0 Å². The summed E-state index contributed by atoms with van der Waals surface area (Å²) in [6.45, 7) is 0. The number of allylic oxidation sites excluding steroid dienone is 4. The fourth-order valence-electron chi connectivity index (χ4n) is 2.50. The van der Waals surface area contributed by atoms with Crippen molar-refractivity contribution in [2.75, 3.05) is 0 Å². The number of benzene rings is 1. The third kappa shape index (κ3) is 2.89. The molecule has 1 atom stereocenters. The van der Waals surface area contributed by atoms with E-state index in [4.69, 9.17) is 11.6 Å². The Morgan fingerprint density at radius 3 is 2.50 bits per heavy atom. The van der Waals surface area contributed by atoms with E-state index in [1.54, 1.807) is 0 Å². The van der Waals surface area contributed by atoms with Crippen LogP contribution in [0.3, 0.4) is 0 Å². The molecule has 2 aliphatic rings. The molecule has 0 radical (unpaired) electrons. The summed E-state index contributed by atoms with van der Waals surface area (Å²) >= 11 is 9.85.